The van der Waals surface area contributed by atoms with Crippen LogP contribution in [0.2, 0.25) is 0 Å². The number of amides is 1. The lowest BCUT2D eigenvalue weighted by atomic mass is 10.1. The molecule has 0 fully saturated rings. The van der Waals surface area contributed by atoms with E-state index in [0.717, 1.165) is 16.9 Å². The standard InChI is InChI=1S/C29H26N6O5/c1-37-26-14-22-23(15-27(26)38-2)30-13-12-25(22)40-18-28(36)33-35-29-31-16-24(32-34-29)20-8-10-21(11-9-20)39-17-19-6-4-3-5-7-19/h3-16H,17-18H2,1-2H3,(H,33,36)(H,31,34,35). The molecule has 0 unspecified atom stereocenters. The summed E-state index contributed by atoms with van der Waals surface area (Å²) >= 11 is 0. The summed E-state index contributed by atoms with van der Waals surface area (Å²) in [5.41, 5.74) is 8.27. The van der Waals surface area contributed by atoms with Gasteiger partial charge in [0, 0.05) is 23.2 Å². The maximum absolute atomic E-state index is 12.4. The fourth-order valence-corrected chi connectivity index (χ4v) is 3.81. The number of carbonyl (C=O) groups excluding carboxylic acids is 1. The van der Waals surface area contributed by atoms with Crippen molar-refractivity contribution in [2.75, 3.05) is 26.3 Å². The third kappa shape index (κ3) is 6.33. The van der Waals surface area contributed by atoms with Crippen LogP contribution in [0.15, 0.2) is 85.2 Å². The zero-order valence-corrected chi connectivity index (χ0v) is 21.8. The first-order valence-corrected chi connectivity index (χ1v) is 12.3. The Morgan fingerprint density at radius 1 is 0.825 bits per heavy atom. The predicted octanol–water partition coefficient (Wildman–Crippen LogP) is 4.21. The Morgan fingerprint density at radius 3 is 2.33 bits per heavy atom. The minimum atomic E-state index is -0.441. The number of nitrogens with zero attached hydrogens (tertiary/aromatic N) is 4. The molecule has 5 aromatic rings. The molecular formula is C29H26N6O5. The molecule has 2 aromatic heterocycles. The molecule has 5 rings (SSSR count). The fourth-order valence-electron chi connectivity index (χ4n) is 3.81. The van der Waals surface area contributed by atoms with Gasteiger partial charge in [-0.3, -0.25) is 20.6 Å². The summed E-state index contributed by atoms with van der Waals surface area (Å²) in [6, 6.07) is 22.6. The second-order valence-electron chi connectivity index (χ2n) is 8.46. The Balaban J connectivity index is 1.13. The van der Waals surface area contributed by atoms with Crippen LogP contribution >= 0.6 is 0 Å². The molecular weight excluding hydrogens is 512 g/mol. The molecule has 202 valence electrons. The summed E-state index contributed by atoms with van der Waals surface area (Å²) in [6.45, 7) is 0.229. The Bertz CT molecular complexity index is 1580. The molecule has 0 saturated heterocycles. The number of fused-ring (bicyclic) bond motifs is 1. The lowest BCUT2D eigenvalue weighted by Gasteiger charge is -2.12. The van der Waals surface area contributed by atoms with Crippen LogP contribution in [-0.4, -0.2) is 46.9 Å². The number of hydrogen-bond donors (Lipinski definition) is 2. The minimum Gasteiger partial charge on any atom is -0.493 e. The maximum atomic E-state index is 12.4. The van der Waals surface area contributed by atoms with E-state index in [1.807, 2.05) is 54.6 Å². The van der Waals surface area contributed by atoms with Crippen molar-refractivity contribution in [2.45, 2.75) is 6.61 Å². The molecule has 0 bridgehead atoms. The second kappa shape index (κ2) is 12.4. The number of carbonyl (C=O) groups is 1. The molecule has 3 aromatic carbocycles. The van der Waals surface area contributed by atoms with E-state index in [1.165, 1.54) is 0 Å². The van der Waals surface area contributed by atoms with Crippen LogP contribution in [0.4, 0.5) is 5.95 Å². The van der Waals surface area contributed by atoms with Crippen molar-refractivity contribution in [2.24, 2.45) is 0 Å². The normalized spacial score (nSPS) is 10.6. The second-order valence-corrected chi connectivity index (χ2v) is 8.46. The van der Waals surface area contributed by atoms with Crippen molar-refractivity contribution in [1.82, 2.24) is 25.6 Å². The smallest absolute Gasteiger partial charge is 0.276 e. The molecule has 2 N–H and O–H groups in total. The van der Waals surface area contributed by atoms with Gasteiger partial charge in [0.05, 0.1) is 25.9 Å². The number of nitrogens with one attached hydrogen (secondary N) is 2. The summed E-state index contributed by atoms with van der Waals surface area (Å²) in [7, 11) is 3.09. The lowest BCUT2D eigenvalue weighted by Crippen LogP contribution is -2.34. The van der Waals surface area contributed by atoms with Crippen molar-refractivity contribution in [1.29, 1.82) is 0 Å². The van der Waals surface area contributed by atoms with Crippen molar-refractivity contribution in [3.8, 4) is 34.3 Å². The maximum Gasteiger partial charge on any atom is 0.276 e. The topological polar surface area (TPSA) is 130 Å². The van der Waals surface area contributed by atoms with E-state index in [1.54, 1.807) is 44.8 Å². The first-order chi connectivity index (χ1) is 19.6. The van der Waals surface area contributed by atoms with Gasteiger partial charge in [0.15, 0.2) is 18.1 Å². The summed E-state index contributed by atoms with van der Waals surface area (Å²) in [5, 5.41) is 8.89. The largest absolute Gasteiger partial charge is 0.493 e. The molecule has 1 amide bonds. The van der Waals surface area contributed by atoms with Crippen LogP contribution in [-0.2, 0) is 11.4 Å². The van der Waals surface area contributed by atoms with E-state index in [2.05, 4.69) is 31.0 Å². The molecule has 11 nitrogen and oxygen atoms in total. The zero-order valence-electron chi connectivity index (χ0n) is 21.8. The number of pyridine rings is 1. The van der Waals surface area contributed by atoms with Gasteiger partial charge in [-0.25, -0.2) is 4.98 Å². The van der Waals surface area contributed by atoms with E-state index < -0.39 is 5.91 Å². The number of aromatic nitrogens is 4. The van der Waals surface area contributed by atoms with E-state index >= 15 is 0 Å². The van der Waals surface area contributed by atoms with Gasteiger partial charge < -0.3 is 18.9 Å². The van der Waals surface area contributed by atoms with Crippen LogP contribution in [0.5, 0.6) is 23.0 Å². The number of hydrazine groups is 1. The summed E-state index contributed by atoms with van der Waals surface area (Å²) < 4.78 is 22.2. The molecule has 0 aliphatic rings. The van der Waals surface area contributed by atoms with Crippen molar-refractivity contribution >= 4 is 22.8 Å². The van der Waals surface area contributed by atoms with Gasteiger partial charge in [-0.1, -0.05) is 30.3 Å². The summed E-state index contributed by atoms with van der Waals surface area (Å²) in [4.78, 5) is 20.9. The highest BCUT2D eigenvalue weighted by Gasteiger charge is 2.12. The Morgan fingerprint density at radius 2 is 1.60 bits per heavy atom. The molecule has 2 heterocycles. The first kappa shape index (κ1) is 26.2. The molecule has 0 saturated carbocycles. The average molecular weight is 539 g/mol. The van der Waals surface area contributed by atoms with Crippen LogP contribution < -0.4 is 29.8 Å². The van der Waals surface area contributed by atoms with E-state index in [9.17, 15) is 4.79 Å². The summed E-state index contributed by atoms with van der Waals surface area (Å²) in [5.74, 6) is 1.98. The molecule has 11 heteroatoms. The van der Waals surface area contributed by atoms with Crippen LogP contribution in [0, 0.1) is 0 Å². The molecule has 0 atom stereocenters. The monoisotopic (exact) mass is 538 g/mol. The lowest BCUT2D eigenvalue weighted by molar-refractivity contribution is -0.122. The first-order valence-electron chi connectivity index (χ1n) is 12.3. The molecule has 0 radical (unpaired) electrons. The number of hydrogen-bond acceptors (Lipinski definition) is 10. The Labute approximate surface area is 230 Å². The van der Waals surface area contributed by atoms with E-state index in [4.69, 9.17) is 18.9 Å². The van der Waals surface area contributed by atoms with Gasteiger partial charge in [0.25, 0.3) is 11.9 Å². The van der Waals surface area contributed by atoms with E-state index in [-0.39, 0.29) is 12.6 Å². The van der Waals surface area contributed by atoms with Gasteiger partial charge in [-0.2, -0.15) is 0 Å². The molecule has 0 aliphatic heterocycles. The van der Waals surface area contributed by atoms with Gasteiger partial charge in [-0.05, 0) is 42.0 Å². The number of rotatable bonds is 11. The quantitative estimate of drug-likeness (QED) is 0.236. The van der Waals surface area contributed by atoms with Gasteiger partial charge in [0.2, 0.25) is 0 Å². The number of ether oxygens (including phenoxy) is 4. The SMILES string of the molecule is COc1cc2nccc(OCC(=O)NNc3ncc(-c4ccc(OCc5ccccc5)cc4)nn3)c2cc1OC. The molecule has 40 heavy (non-hydrogen) atoms. The molecule has 0 spiro atoms. The zero-order chi connectivity index (χ0) is 27.7. The van der Waals surface area contributed by atoms with Crippen molar-refractivity contribution in [3.05, 3.63) is 90.8 Å². The van der Waals surface area contributed by atoms with Gasteiger partial charge >= 0.3 is 0 Å². The highest BCUT2D eigenvalue weighted by Crippen LogP contribution is 2.35. The van der Waals surface area contributed by atoms with Gasteiger partial charge in [0.1, 0.15) is 23.8 Å². The predicted molar refractivity (Wildman–Crippen MR) is 148 cm³/mol. The number of anilines is 1. The third-order valence-electron chi connectivity index (χ3n) is 5.84. The highest BCUT2D eigenvalue weighted by atomic mass is 16.5. The fraction of sp³-hybridized carbons (Fsp3) is 0.138. The highest BCUT2D eigenvalue weighted by molar-refractivity contribution is 5.88. The van der Waals surface area contributed by atoms with Gasteiger partial charge in [-0.15, -0.1) is 10.2 Å². The third-order valence-corrected chi connectivity index (χ3v) is 5.84. The molecule has 0 aliphatic carbocycles. The van der Waals surface area contributed by atoms with Crippen LogP contribution in [0.3, 0.4) is 0 Å². The van der Waals surface area contributed by atoms with Crippen LogP contribution in [0.25, 0.3) is 22.2 Å². The minimum absolute atomic E-state index is 0.131. The van der Waals surface area contributed by atoms with Crippen molar-refractivity contribution < 1.29 is 23.7 Å². The summed E-state index contributed by atoms with van der Waals surface area (Å²) in [6.07, 6.45) is 3.15. The van der Waals surface area contributed by atoms with E-state index in [0.29, 0.717) is 40.5 Å². The Kier molecular flexibility index (Phi) is 8.11. The Hall–Kier alpha value is -5.45. The van der Waals surface area contributed by atoms with Crippen LogP contribution in [0.1, 0.15) is 5.56 Å². The number of methoxy groups -OCH3 is 2. The average Bonchev–Trinajstić information content (AvgIpc) is 3.02. The number of benzene rings is 3. The van der Waals surface area contributed by atoms with Crippen molar-refractivity contribution in [3.63, 3.8) is 0 Å².